The topological polar surface area (TPSA) is 35.5 Å². The van der Waals surface area contributed by atoms with Gasteiger partial charge in [0, 0.05) is 12.3 Å². The Morgan fingerprint density at radius 2 is 1.83 bits per heavy atom. The van der Waals surface area contributed by atoms with Gasteiger partial charge in [-0.3, -0.25) is 0 Å². The molecule has 0 saturated carbocycles. The molecule has 2 rings (SSSR count). The number of fused-ring (bicyclic) bond motifs is 1. The molecule has 0 N–H and O–H groups in total. The molecular weight excluding hydrogens is 302 g/mol. The predicted molar refractivity (Wildman–Crippen MR) is 96.8 cm³/mol. The largest absolute Gasteiger partial charge is 0.464 e. The van der Waals surface area contributed by atoms with Gasteiger partial charge < -0.3 is 14.0 Å². The minimum absolute atomic E-state index is 0.127. The van der Waals surface area contributed by atoms with Gasteiger partial charge in [0.2, 0.25) is 0 Å². The third-order valence-corrected chi connectivity index (χ3v) is 6.07. The van der Waals surface area contributed by atoms with Crippen LogP contribution in [-0.4, -0.2) is 56.5 Å². The van der Waals surface area contributed by atoms with E-state index in [0.717, 1.165) is 25.5 Å². The second-order valence-corrected chi connectivity index (χ2v) is 8.04. The molecule has 2 aliphatic rings. The predicted octanol–water partition coefficient (Wildman–Crippen LogP) is 3.93. The van der Waals surface area contributed by atoms with Gasteiger partial charge in [-0.05, 0) is 32.1 Å². The van der Waals surface area contributed by atoms with Gasteiger partial charge >= 0.3 is 5.97 Å². The number of piperidine rings is 2. The van der Waals surface area contributed by atoms with Crippen LogP contribution in [0.15, 0.2) is 0 Å². The number of hydrogen-bond donors (Lipinski definition) is 0. The van der Waals surface area contributed by atoms with E-state index in [1.807, 2.05) is 0 Å². The first-order valence-electron chi connectivity index (χ1n) is 10.2. The highest BCUT2D eigenvalue weighted by molar-refractivity contribution is 5.70. The van der Waals surface area contributed by atoms with Gasteiger partial charge in [0.1, 0.15) is 6.61 Å². The lowest BCUT2D eigenvalue weighted by atomic mass is 9.82. The molecule has 0 spiro atoms. The van der Waals surface area contributed by atoms with E-state index in [-0.39, 0.29) is 12.6 Å². The van der Waals surface area contributed by atoms with Gasteiger partial charge in [-0.2, -0.15) is 0 Å². The molecule has 4 nitrogen and oxygen atoms in total. The molecule has 4 heteroatoms. The summed E-state index contributed by atoms with van der Waals surface area (Å²) in [6.07, 6.45) is 12.5. The molecule has 0 aliphatic carbocycles. The summed E-state index contributed by atoms with van der Waals surface area (Å²) < 4.78 is 12.2. The molecule has 2 aliphatic heterocycles. The minimum Gasteiger partial charge on any atom is -0.464 e. The Morgan fingerprint density at radius 1 is 1.04 bits per heavy atom. The van der Waals surface area contributed by atoms with E-state index >= 15 is 0 Å². The number of rotatable bonds is 10. The Bertz CT molecular complexity index is 370. The minimum atomic E-state index is -0.192. The van der Waals surface area contributed by atoms with Crippen molar-refractivity contribution in [1.29, 1.82) is 0 Å². The van der Waals surface area contributed by atoms with Crippen molar-refractivity contribution in [2.45, 2.75) is 77.2 Å². The van der Waals surface area contributed by atoms with Crippen LogP contribution in [-0.2, 0) is 14.3 Å². The second-order valence-electron chi connectivity index (χ2n) is 8.04. The normalized spacial score (nSPS) is 29.9. The molecular formula is C20H38NO3+. The van der Waals surface area contributed by atoms with Crippen molar-refractivity contribution in [3.05, 3.63) is 0 Å². The van der Waals surface area contributed by atoms with E-state index in [9.17, 15) is 4.79 Å². The van der Waals surface area contributed by atoms with Crippen LogP contribution in [0.25, 0.3) is 0 Å². The summed E-state index contributed by atoms with van der Waals surface area (Å²) in [5, 5.41) is 0. The summed E-state index contributed by atoms with van der Waals surface area (Å²) >= 11 is 0. The van der Waals surface area contributed by atoms with Gasteiger partial charge in [-0.25, -0.2) is 4.79 Å². The quantitative estimate of drug-likeness (QED) is 0.343. The summed E-state index contributed by atoms with van der Waals surface area (Å²) in [6.45, 7) is 6.25. The van der Waals surface area contributed by atoms with Crippen molar-refractivity contribution in [3.63, 3.8) is 0 Å². The number of carbonyl (C=O) groups is 1. The molecule has 2 saturated heterocycles. The Kier molecular flexibility index (Phi) is 8.54. The smallest absolute Gasteiger partial charge is 0.332 e. The molecule has 24 heavy (non-hydrogen) atoms. The second kappa shape index (κ2) is 10.4. The van der Waals surface area contributed by atoms with Crippen molar-refractivity contribution in [3.8, 4) is 0 Å². The van der Waals surface area contributed by atoms with Gasteiger partial charge in [0.05, 0.1) is 39.4 Å². The van der Waals surface area contributed by atoms with Crippen LogP contribution in [0.3, 0.4) is 0 Å². The van der Waals surface area contributed by atoms with Crippen LogP contribution >= 0.6 is 0 Å². The van der Waals surface area contributed by atoms with Crippen LogP contribution in [0.1, 0.15) is 71.1 Å². The fourth-order valence-electron chi connectivity index (χ4n) is 4.65. The molecule has 0 amide bonds. The van der Waals surface area contributed by atoms with E-state index in [2.05, 4.69) is 14.0 Å². The van der Waals surface area contributed by atoms with Crippen molar-refractivity contribution in [2.75, 3.05) is 40.0 Å². The molecule has 0 radical (unpaired) electrons. The van der Waals surface area contributed by atoms with Crippen molar-refractivity contribution in [2.24, 2.45) is 5.92 Å². The summed E-state index contributed by atoms with van der Waals surface area (Å²) in [7, 11) is 2.42. The zero-order valence-corrected chi connectivity index (χ0v) is 15.9. The SMILES string of the molecule is CCCCCCCOC(=O)COC[C@@H]1CCC[N@@+]2(C)CCCC[C@H]12. The lowest BCUT2D eigenvalue weighted by Crippen LogP contribution is -2.61. The highest BCUT2D eigenvalue weighted by Gasteiger charge is 2.43. The average molecular weight is 341 g/mol. The molecule has 3 atom stereocenters. The fraction of sp³-hybridized carbons (Fsp3) is 0.950. The maximum atomic E-state index is 11.8. The first-order chi connectivity index (χ1) is 11.7. The molecule has 0 aromatic heterocycles. The molecule has 140 valence electrons. The van der Waals surface area contributed by atoms with Crippen LogP contribution in [0.2, 0.25) is 0 Å². The summed E-state index contributed by atoms with van der Waals surface area (Å²) in [4.78, 5) is 11.8. The number of hydrogen-bond acceptors (Lipinski definition) is 3. The number of quaternary nitrogens is 1. The first-order valence-corrected chi connectivity index (χ1v) is 10.2. The van der Waals surface area contributed by atoms with Crippen molar-refractivity contribution >= 4 is 5.97 Å². The Balaban J connectivity index is 1.58. The monoisotopic (exact) mass is 340 g/mol. The molecule has 2 heterocycles. The number of unbranched alkanes of at least 4 members (excludes halogenated alkanes) is 4. The fourth-order valence-corrected chi connectivity index (χ4v) is 4.65. The van der Waals surface area contributed by atoms with Crippen molar-refractivity contribution in [1.82, 2.24) is 0 Å². The lowest BCUT2D eigenvalue weighted by molar-refractivity contribution is -0.947. The zero-order chi connectivity index (χ0) is 17.3. The van der Waals surface area contributed by atoms with Gasteiger partial charge in [0.15, 0.2) is 0 Å². The van der Waals surface area contributed by atoms with Gasteiger partial charge in [-0.1, -0.05) is 32.6 Å². The van der Waals surface area contributed by atoms with E-state index in [1.165, 1.54) is 68.9 Å². The van der Waals surface area contributed by atoms with E-state index in [4.69, 9.17) is 9.47 Å². The van der Waals surface area contributed by atoms with E-state index < -0.39 is 0 Å². The summed E-state index contributed by atoms with van der Waals surface area (Å²) in [5.74, 6) is 0.424. The standard InChI is InChI=1S/C20H38NO3/c1-3-4-5-6-9-15-24-20(22)17-23-16-18-11-10-14-21(2)13-8-7-12-19(18)21/h18-19H,3-17H2,1-2H3/q+1/t18-,19+,21+/m0/s1. The third-order valence-electron chi connectivity index (χ3n) is 6.07. The Hall–Kier alpha value is -0.610. The van der Waals surface area contributed by atoms with Crippen LogP contribution < -0.4 is 0 Å². The first kappa shape index (κ1) is 19.7. The Morgan fingerprint density at radius 3 is 2.67 bits per heavy atom. The number of esters is 1. The number of ether oxygens (including phenoxy) is 2. The molecule has 0 bridgehead atoms. The average Bonchev–Trinajstić information content (AvgIpc) is 2.57. The summed E-state index contributed by atoms with van der Waals surface area (Å²) in [6, 6.07) is 0.738. The van der Waals surface area contributed by atoms with Crippen LogP contribution in [0.4, 0.5) is 0 Å². The molecule has 0 aromatic rings. The maximum Gasteiger partial charge on any atom is 0.332 e. The highest BCUT2D eigenvalue weighted by atomic mass is 16.6. The lowest BCUT2D eigenvalue weighted by Gasteiger charge is -2.51. The maximum absolute atomic E-state index is 11.8. The number of nitrogens with zero attached hydrogens (tertiary/aromatic N) is 1. The highest BCUT2D eigenvalue weighted by Crippen LogP contribution is 2.36. The molecule has 0 aromatic carbocycles. The summed E-state index contributed by atoms with van der Waals surface area (Å²) in [5.41, 5.74) is 0. The third kappa shape index (κ3) is 6.03. The number of carbonyl (C=O) groups excluding carboxylic acids is 1. The van der Waals surface area contributed by atoms with Crippen LogP contribution in [0.5, 0.6) is 0 Å². The molecule has 2 fully saturated rings. The van der Waals surface area contributed by atoms with Gasteiger partial charge in [0.25, 0.3) is 0 Å². The van der Waals surface area contributed by atoms with Gasteiger partial charge in [-0.15, -0.1) is 0 Å². The van der Waals surface area contributed by atoms with Crippen LogP contribution in [0, 0.1) is 5.92 Å². The van der Waals surface area contributed by atoms with E-state index in [0.29, 0.717) is 12.5 Å². The van der Waals surface area contributed by atoms with Crippen molar-refractivity contribution < 1.29 is 18.8 Å². The zero-order valence-electron chi connectivity index (χ0n) is 15.9. The Labute approximate surface area is 148 Å². The molecule has 0 unspecified atom stereocenters. The van der Waals surface area contributed by atoms with E-state index in [1.54, 1.807) is 0 Å².